The SMILES string of the molecule is COC(=O)C1CCCC(N)CCC1. The van der Waals surface area contributed by atoms with E-state index in [9.17, 15) is 4.79 Å². The Bertz CT molecular complexity index is 160. The van der Waals surface area contributed by atoms with Crippen LogP contribution in [0.4, 0.5) is 0 Å². The average molecular weight is 185 g/mol. The van der Waals surface area contributed by atoms with Gasteiger partial charge in [0.25, 0.3) is 0 Å². The first-order valence-corrected chi connectivity index (χ1v) is 5.07. The molecule has 1 aliphatic rings. The lowest BCUT2D eigenvalue weighted by Crippen LogP contribution is -2.25. The molecule has 1 saturated carbocycles. The van der Waals surface area contributed by atoms with Gasteiger partial charge in [0.2, 0.25) is 0 Å². The molecule has 0 aliphatic heterocycles. The minimum absolute atomic E-state index is 0.0459. The summed E-state index contributed by atoms with van der Waals surface area (Å²) in [5.41, 5.74) is 5.84. The van der Waals surface area contributed by atoms with Gasteiger partial charge in [-0.1, -0.05) is 12.8 Å². The fourth-order valence-corrected chi connectivity index (χ4v) is 1.94. The summed E-state index contributed by atoms with van der Waals surface area (Å²) in [6.07, 6.45) is 6.10. The third-order valence-electron chi connectivity index (χ3n) is 2.79. The molecule has 2 N–H and O–H groups in total. The van der Waals surface area contributed by atoms with Crippen molar-refractivity contribution in [3.63, 3.8) is 0 Å². The van der Waals surface area contributed by atoms with Crippen LogP contribution in [0.2, 0.25) is 0 Å². The maximum Gasteiger partial charge on any atom is 0.308 e. The Morgan fingerprint density at radius 1 is 1.23 bits per heavy atom. The Balaban J connectivity index is 2.36. The van der Waals surface area contributed by atoms with E-state index in [-0.39, 0.29) is 11.9 Å². The molecule has 0 unspecified atom stereocenters. The summed E-state index contributed by atoms with van der Waals surface area (Å²) in [5, 5.41) is 0. The summed E-state index contributed by atoms with van der Waals surface area (Å²) in [7, 11) is 1.47. The van der Waals surface area contributed by atoms with Crippen LogP contribution in [0.15, 0.2) is 0 Å². The van der Waals surface area contributed by atoms with E-state index in [1.807, 2.05) is 0 Å². The predicted octanol–water partition coefficient (Wildman–Crippen LogP) is 1.46. The number of ether oxygens (including phenoxy) is 1. The van der Waals surface area contributed by atoms with Gasteiger partial charge in [-0.05, 0) is 25.7 Å². The average Bonchev–Trinajstić information content (AvgIpc) is 2.10. The van der Waals surface area contributed by atoms with Gasteiger partial charge in [-0.2, -0.15) is 0 Å². The zero-order valence-corrected chi connectivity index (χ0v) is 8.29. The van der Waals surface area contributed by atoms with Crippen molar-refractivity contribution < 1.29 is 9.53 Å². The predicted molar refractivity (Wildman–Crippen MR) is 51.2 cm³/mol. The van der Waals surface area contributed by atoms with Crippen molar-refractivity contribution in [2.75, 3.05) is 7.11 Å². The zero-order valence-electron chi connectivity index (χ0n) is 8.29. The molecule has 0 bridgehead atoms. The van der Waals surface area contributed by atoms with Gasteiger partial charge in [0, 0.05) is 6.04 Å². The smallest absolute Gasteiger partial charge is 0.308 e. The molecule has 3 heteroatoms. The van der Waals surface area contributed by atoms with Crippen molar-refractivity contribution in [1.82, 2.24) is 0 Å². The lowest BCUT2D eigenvalue weighted by molar-refractivity contribution is -0.146. The van der Waals surface area contributed by atoms with Gasteiger partial charge < -0.3 is 10.5 Å². The molecule has 0 aromatic carbocycles. The third kappa shape index (κ3) is 3.35. The van der Waals surface area contributed by atoms with E-state index in [1.54, 1.807) is 0 Å². The second-order valence-corrected chi connectivity index (χ2v) is 3.84. The quantitative estimate of drug-likeness (QED) is 0.629. The first kappa shape index (κ1) is 10.5. The van der Waals surface area contributed by atoms with Crippen molar-refractivity contribution in [1.29, 1.82) is 0 Å². The summed E-state index contributed by atoms with van der Waals surface area (Å²) in [6.45, 7) is 0. The highest BCUT2D eigenvalue weighted by Gasteiger charge is 2.21. The molecule has 0 radical (unpaired) electrons. The second-order valence-electron chi connectivity index (χ2n) is 3.84. The Labute approximate surface area is 79.6 Å². The van der Waals surface area contributed by atoms with Crippen molar-refractivity contribution >= 4 is 5.97 Å². The monoisotopic (exact) mass is 185 g/mol. The molecule has 1 rings (SSSR count). The summed E-state index contributed by atoms with van der Waals surface area (Å²) < 4.78 is 4.74. The molecule has 13 heavy (non-hydrogen) atoms. The molecule has 0 amide bonds. The van der Waals surface area contributed by atoms with Gasteiger partial charge in [-0.15, -0.1) is 0 Å². The van der Waals surface area contributed by atoms with Crippen molar-refractivity contribution in [3.05, 3.63) is 0 Å². The van der Waals surface area contributed by atoms with Crippen molar-refractivity contribution in [2.24, 2.45) is 11.7 Å². The molecule has 0 saturated heterocycles. The topological polar surface area (TPSA) is 52.3 Å². The van der Waals surface area contributed by atoms with Gasteiger partial charge in [-0.25, -0.2) is 0 Å². The van der Waals surface area contributed by atoms with Crippen molar-refractivity contribution in [3.8, 4) is 0 Å². The Morgan fingerprint density at radius 3 is 2.23 bits per heavy atom. The number of hydrogen-bond donors (Lipinski definition) is 1. The first-order chi connectivity index (χ1) is 6.24. The molecule has 1 fully saturated rings. The van der Waals surface area contributed by atoms with E-state index >= 15 is 0 Å². The highest BCUT2D eigenvalue weighted by Crippen LogP contribution is 2.22. The van der Waals surface area contributed by atoms with Gasteiger partial charge >= 0.3 is 5.97 Å². The molecule has 3 nitrogen and oxygen atoms in total. The number of nitrogens with two attached hydrogens (primary N) is 1. The normalized spacial score (nSPS) is 30.3. The Hall–Kier alpha value is -0.570. The molecular formula is C10H19NO2. The first-order valence-electron chi connectivity index (χ1n) is 5.07. The van der Waals surface area contributed by atoms with Gasteiger partial charge in [0.05, 0.1) is 13.0 Å². The van der Waals surface area contributed by atoms with E-state index in [1.165, 1.54) is 7.11 Å². The molecule has 1 aliphatic carbocycles. The highest BCUT2D eigenvalue weighted by atomic mass is 16.5. The molecular weight excluding hydrogens is 166 g/mol. The van der Waals surface area contributed by atoms with E-state index in [2.05, 4.69) is 0 Å². The van der Waals surface area contributed by atoms with Crippen molar-refractivity contribution in [2.45, 2.75) is 44.6 Å². The van der Waals surface area contributed by atoms with Crippen LogP contribution < -0.4 is 5.73 Å². The van der Waals surface area contributed by atoms with E-state index in [0.29, 0.717) is 6.04 Å². The van der Waals surface area contributed by atoms with Gasteiger partial charge in [-0.3, -0.25) is 4.79 Å². The number of carbonyl (C=O) groups is 1. The fraction of sp³-hybridized carbons (Fsp3) is 0.900. The Kier molecular flexibility index (Phi) is 4.22. The maximum atomic E-state index is 11.3. The van der Waals surface area contributed by atoms with Crippen LogP contribution in [-0.4, -0.2) is 19.1 Å². The van der Waals surface area contributed by atoms with Crippen LogP contribution in [-0.2, 0) is 9.53 Å². The molecule has 0 aromatic heterocycles. The lowest BCUT2D eigenvalue weighted by atomic mass is 9.89. The number of carbonyl (C=O) groups excluding carboxylic acids is 1. The van der Waals surface area contributed by atoms with Crippen LogP contribution in [0.1, 0.15) is 38.5 Å². The Morgan fingerprint density at radius 2 is 1.77 bits per heavy atom. The third-order valence-corrected chi connectivity index (χ3v) is 2.79. The van der Waals surface area contributed by atoms with Crippen LogP contribution >= 0.6 is 0 Å². The molecule has 76 valence electrons. The highest BCUT2D eigenvalue weighted by molar-refractivity contribution is 5.72. The summed E-state index contributed by atoms with van der Waals surface area (Å²) in [5.74, 6) is 0.0768. The summed E-state index contributed by atoms with van der Waals surface area (Å²) >= 11 is 0. The minimum atomic E-state index is -0.0459. The summed E-state index contributed by atoms with van der Waals surface area (Å²) in [6, 6.07) is 0.346. The minimum Gasteiger partial charge on any atom is -0.469 e. The maximum absolute atomic E-state index is 11.3. The standard InChI is InChI=1S/C10H19NO2/c1-13-10(12)8-4-2-6-9(11)7-3-5-8/h8-9H,2-7,11H2,1H3. The molecule has 0 atom stereocenters. The largest absolute Gasteiger partial charge is 0.469 e. The number of rotatable bonds is 1. The van der Waals surface area contributed by atoms with E-state index in [4.69, 9.17) is 10.5 Å². The van der Waals surface area contributed by atoms with Crippen LogP contribution in [0.5, 0.6) is 0 Å². The molecule has 0 aromatic rings. The zero-order chi connectivity index (χ0) is 9.68. The number of hydrogen-bond acceptors (Lipinski definition) is 3. The lowest BCUT2D eigenvalue weighted by Gasteiger charge is -2.20. The second kappa shape index (κ2) is 5.22. The number of esters is 1. The van der Waals surface area contributed by atoms with E-state index < -0.39 is 0 Å². The summed E-state index contributed by atoms with van der Waals surface area (Å²) in [4.78, 5) is 11.3. The van der Waals surface area contributed by atoms with Gasteiger partial charge in [0.1, 0.15) is 0 Å². The van der Waals surface area contributed by atoms with E-state index in [0.717, 1.165) is 38.5 Å². The molecule has 0 spiro atoms. The van der Waals surface area contributed by atoms with Crippen LogP contribution in [0.3, 0.4) is 0 Å². The van der Waals surface area contributed by atoms with Gasteiger partial charge in [0.15, 0.2) is 0 Å². The fourth-order valence-electron chi connectivity index (χ4n) is 1.94. The molecule has 0 heterocycles. The number of methoxy groups -OCH3 is 1. The van der Waals surface area contributed by atoms with Crippen LogP contribution in [0, 0.1) is 5.92 Å². The van der Waals surface area contributed by atoms with Crippen LogP contribution in [0.25, 0.3) is 0 Å².